The molecule has 1 aromatic rings. The van der Waals surface area contributed by atoms with Crippen molar-refractivity contribution in [3.63, 3.8) is 0 Å². The molecule has 14 heavy (non-hydrogen) atoms. The molecule has 1 rings (SSSR count). The zero-order valence-corrected chi connectivity index (χ0v) is 7.78. The van der Waals surface area contributed by atoms with Gasteiger partial charge in [-0.05, 0) is 12.1 Å². The molecular weight excluding hydrogens is 180 g/mol. The van der Waals surface area contributed by atoms with Gasteiger partial charge in [0.05, 0.1) is 12.7 Å². The molecule has 0 unspecified atom stereocenters. The van der Waals surface area contributed by atoms with Gasteiger partial charge in [0.25, 0.3) is 0 Å². The minimum Gasteiger partial charge on any atom is -0.465 e. The standard InChI is InChI=1S/C11H10O3/c1-14-11(13)10-7-3-2-5-9(10)6-4-8-12/h2-3,5,7,12H,8H2,1H3. The Morgan fingerprint density at radius 3 is 2.86 bits per heavy atom. The molecule has 0 radical (unpaired) electrons. The van der Waals surface area contributed by atoms with Gasteiger partial charge in [0.2, 0.25) is 0 Å². The zero-order valence-electron chi connectivity index (χ0n) is 7.78. The van der Waals surface area contributed by atoms with Crippen LogP contribution in [0, 0.1) is 11.8 Å². The first-order valence-corrected chi connectivity index (χ1v) is 4.06. The molecule has 1 aromatic carbocycles. The molecule has 0 aliphatic carbocycles. The lowest BCUT2D eigenvalue weighted by Gasteiger charge is -2.00. The van der Waals surface area contributed by atoms with Crippen molar-refractivity contribution >= 4 is 5.97 Å². The molecule has 0 aromatic heterocycles. The highest BCUT2D eigenvalue weighted by atomic mass is 16.5. The van der Waals surface area contributed by atoms with E-state index in [1.54, 1.807) is 24.3 Å². The maximum absolute atomic E-state index is 11.2. The summed E-state index contributed by atoms with van der Waals surface area (Å²) in [7, 11) is 1.32. The van der Waals surface area contributed by atoms with Gasteiger partial charge in [0, 0.05) is 5.56 Å². The summed E-state index contributed by atoms with van der Waals surface area (Å²) in [6.07, 6.45) is 0. The minimum atomic E-state index is -0.423. The molecule has 0 heterocycles. The summed E-state index contributed by atoms with van der Waals surface area (Å²) in [5, 5.41) is 8.52. The van der Waals surface area contributed by atoms with Gasteiger partial charge in [0.15, 0.2) is 0 Å². The largest absolute Gasteiger partial charge is 0.465 e. The summed E-state index contributed by atoms with van der Waals surface area (Å²) in [6, 6.07) is 6.84. The Hall–Kier alpha value is -1.79. The third-order valence-corrected chi connectivity index (χ3v) is 1.63. The Morgan fingerprint density at radius 1 is 1.50 bits per heavy atom. The van der Waals surface area contributed by atoms with Crippen molar-refractivity contribution in [2.45, 2.75) is 0 Å². The molecule has 0 atom stereocenters. The second-order valence-electron chi connectivity index (χ2n) is 2.50. The lowest BCUT2D eigenvalue weighted by Crippen LogP contribution is -2.03. The summed E-state index contributed by atoms with van der Waals surface area (Å²) in [5.41, 5.74) is 0.976. The third-order valence-electron chi connectivity index (χ3n) is 1.63. The molecular formula is C11H10O3. The van der Waals surface area contributed by atoms with E-state index in [2.05, 4.69) is 16.6 Å². The molecule has 0 fully saturated rings. The summed E-state index contributed by atoms with van der Waals surface area (Å²) in [4.78, 5) is 11.2. The fourth-order valence-electron chi connectivity index (χ4n) is 1.01. The predicted octanol–water partition coefficient (Wildman–Crippen LogP) is 0.817. The van der Waals surface area contributed by atoms with Crippen LogP contribution in [0.3, 0.4) is 0 Å². The van der Waals surface area contributed by atoms with Gasteiger partial charge in [-0.1, -0.05) is 24.0 Å². The SMILES string of the molecule is COC(=O)c1ccccc1C#CCO. The molecule has 1 N–H and O–H groups in total. The van der Waals surface area contributed by atoms with Crippen LogP contribution in [0.4, 0.5) is 0 Å². The second-order valence-corrected chi connectivity index (χ2v) is 2.50. The van der Waals surface area contributed by atoms with Crippen LogP contribution in [0.5, 0.6) is 0 Å². The number of esters is 1. The third kappa shape index (κ3) is 2.35. The van der Waals surface area contributed by atoms with Crippen molar-refractivity contribution in [1.29, 1.82) is 0 Å². The van der Waals surface area contributed by atoms with Crippen molar-refractivity contribution in [3.8, 4) is 11.8 Å². The maximum atomic E-state index is 11.2. The van der Waals surface area contributed by atoms with E-state index in [4.69, 9.17) is 5.11 Å². The Balaban J connectivity index is 3.09. The topological polar surface area (TPSA) is 46.5 Å². The first-order valence-electron chi connectivity index (χ1n) is 4.06. The summed E-state index contributed by atoms with van der Waals surface area (Å²) < 4.78 is 4.59. The summed E-state index contributed by atoms with van der Waals surface area (Å²) >= 11 is 0. The van der Waals surface area contributed by atoms with Crippen molar-refractivity contribution in [2.75, 3.05) is 13.7 Å². The Morgan fingerprint density at radius 2 is 2.21 bits per heavy atom. The Labute approximate surface area is 82.3 Å². The molecule has 72 valence electrons. The highest BCUT2D eigenvalue weighted by Gasteiger charge is 2.08. The number of aliphatic hydroxyl groups excluding tert-OH is 1. The number of aliphatic hydroxyl groups is 1. The van der Waals surface area contributed by atoms with Crippen molar-refractivity contribution < 1.29 is 14.6 Å². The monoisotopic (exact) mass is 190 g/mol. The summed E-state index contributed by atoms with van der Waals surface area (Å²) in [5.74, 6) is 4.74. The first-order chi connectivity index (χ1) is 6.79. The van der Waals surface area contributed by atoms with Gasteiger partial charge < -0.3 is 9.84 Å². The van der Waals surface area contributed by atoms with Crippen LogP contribution in [-0.4, -0.2) is 24.8 Å². The maximum Gasteiger partial charge on any atom is 0.339 e. The number of carbonyl (C=O) groups excluding carboxylic acids is 1. The van der Waals surface area contributed by atoms with Gasteiger partial charge in [0.1, 0.15) is 6.61 Å². The quantitative estimate of drug-likeness (QED) is 0.526. The van der Waals surface area contributed by atoms with Crippen LogP contribution < -0.4 is 0 Å². The van der Waals surface area contributed by atoms with E-state index in [-0.39, 0.29) is 6.61 Å². The number of ether oxygens (including phenoxy) is 1. The van der Waals surface area contributed by atoms with E-state index in [9.17, 15) is 4.79 Å². The molecule has 3 nitrogen and oxygen atoms in total. The van der Waals surface area contributed by atoms with E-state index < -0.39 is 5.97 Å². The van der Waals surface area contributed by atoms with Crippen molar-refractivity contribution in [1.82, 2.24) is 0 Å². The van der Waals surface area contributed by atoms with Crippen LogP contribution in [0.25, 0.3) is 0 Å². The van der Waals surface area contributed by atoms with Gasteiger partial charge in [-0.3, -0.25) is 0 Å². The van der Waals surface area contributed by atoms with Crippen molar-refractivity contribution in [3.05, 3.63) is 35.4 Å². The number of hydrogen-bond acceptors (Lipinski definition) is 3. The molecule has 0 aliphatic rings. The number of methoxy groups -OCH3 is 1. The van der Waals surface area contributed by atoms with Crippen LogP contribution in [0.1, 0.15) is 15.9 Å². The predicted molar refractivity (Wildman–Crippen MR) is 51.7 cm³/mol. The first kappa shape index (κ1) is 10.3. The fraction of sp³-hybridized carbons (Fsp3) is 0.182. The van der Waals surface area contributed by atoms with Crippen LogP contribution in [0.2, 0.25) is 0 Å². The molecule has 0 aliphatic heterocycles. The highest BCUT2D eigenvalue weighted by molar-refractivity contribution is 5.92. The molecule has 0 spiro atoms. The highest BCUT2D eigenvalue weighted by Crippen LogP contribution is 2.08. The molecule has 0 saturated heterocycles. The van der Waals surface area contributed by atoms with E-state index in [1.165, 1.54) is 7.11 Å². The fourth-order valence-corrected chi connectivity index (χ4v) is 1.01. The van der Waals surface area contributed by atoms with E-state index in [1.807, 2.05) is 0 Å². The molecule has 0 amide bonds. The van der Waals surface area contributed by atoms with Gasteiger partial charge in [-0.2, -0.15) is 0 Å². The number of benzene rings is 1. The number of hydrogen-bond donors (Lipinski definition) is 1. The van der Waals surface area contributed by atoms with Gasteiger partial charge in [-0.15, -0.1) is 0 Å². The molecule has 3 heteroatoms. The second kappa shape index (κ2) is 5.05. The van der Waals surface area contributed by atoms with Crippen LogP contribution in [-0.2, 0) is 4.74 Å². The van der Waals surface area contributed by atoms with E-state index in [0.717, 1.165) is 0 Å². The average molecular weight is 190 g/mol. The summed E-state index contributed by atoms with van der Waals surface area (Å²) in [6.45, 7) is -0.227. The average Bonchev–Trinajstić information content (AvgIpc) is 2.25. The van der Waals surface area contributed by atoms with E-state index in [0.29, 0.717) is 11.1 Å². The Bertz CT molecular complexity index is 385. The normalized spacial score (nSPS) is 8.71. The van der Waals surface area contributed by atoms with Crippen LogP contribution in [0.15, 0.2) is 24.3 Å². The Kier molecular flexibility index (Phi) is 3.71. The van der Waals surface area contributed by atoms with Gasteiger partial charge >= 0.3 is 5.97 Å². The van der Waals surface area contributed by atoms with E-state index >= 15 is 0 Å². The smallest absolute Gasteiger partial charge is 0.339 e. The van der Waals surface area contributed by atoms with Crippen molar-refractivity contribution in [2.24, 2.45) is 0 Å². The number of rotatable bonds is 1. The van der Waals surface area contributed by atoms with Crippen LogP contribution >= 0.6 is 0 Å². The number of carbonyl (C=O) groups is 1. The minimum absolute atomic E-state index is 0.227. The molecule has 0 saturated carbocycles. The lowest BCUT2D eigenvalue weighted by molar-refractivity contribution is 0.0600. The lowest BCUT2D eigenvalue weighted by atomic mass is 10.1. The van der Waals surface area contributed by atoms with Gasteiger partial charge in [-0.25, -0.2) is 4.79 Å². The molecule has 0 bridgehead atoms. The zero-order chi connectivity index (χ0) is 10.4.